The largest absolute Gasteiger partial charge is 0.497 e. The Morgan fingerprint density at radius 3 is 1.92 bits per heavy atom. The molecule has 1 aliphatic heterocycles. The molecule has 1 unspecified atom stereocenters. The molecule has 5 rings (SSSR count). The van der Waals surface area contributed by atoms with E-state index in [1.54, 1.807) is 62.8 Å². The minimum absolute atomic E-state index is 0.0256. The molecule has 21 heteroatoms. The van der Waals surface area contributed by atoms with Crippen molar-refractivity contribution < 1.29 is 73.4 Å². The van der Waals surface area contributed by atoms with E-state index >= 15 is 0 Å². The van der Waals surface area contributed by atoms with E-state index in [1.165, 1.54) is 0 Å². The number of carbonyl (C=O) groups excluding carboxylic acids is 3. The number of nitriles is 1. The Bertz CT molecular complexity index is 2280. The van der Waals surface area contributed by atoms with Gasteiger partial charge in [0.2, 0.25) is 11.8 Å². The lowest BCUT2D eigenvalue weighted by Gasteiger charge is -2.22. The van der Waals surface area contributed by atoms with Crippen LogP contribution < -0.4 is 25.8 Å². The van der Waals surface area contributed by atoms with Crippen LogP contribution in [0.5, 0.6) is 11.5 Å². The molecule has 63 heavy (non-hydrogen) atoms. The maximum absolute atomic E-state index is 12.2. The second kappa shape index (κ2) is 23.7. The zero-order valence-corrected chi connectivity index (χ0v) is 35.1. The van der Waals surface area contributed by atoms with Crippen molar-refractivity contribution in [2.45, 2.75) is 63.6 Å². The number of allylic oxidation sites excluding steroid dienone is 1. The zero-order chi connectivity index (χ0) is 47.0. The highest BCUT2D eigenvalue weighted by molar-refractivity contribution is 7.80. The van der Waals surface area contributed by atoms with Crippen LogP contribution in [-0.2, 0) is 41.7 Å². The number of methoxy groups -OCH3 is 2. The summed E-state index contributed by atoms with van der Waals surface area (Å²) in [6, 6.07) is 13.9. The van der Waals surface area contributed by atoms with Crippen molar-refractivity contribution in [3.05, 3.63) is 76.5 Å². The van der Waals surface area contributed by atoms with Gasteiger partial charge in [-0.05, 0) is 85.2 Å². The molecule has 2 aliphatic rings. The summed E-state index contributed by atoms with van der Waals surface area (Å²) < 4.78 is 12.0. The Kier molecular flexibility index (Phi) is 18.9. The fourth-order valence-electron chi connectivity index (χ4n) is 6.73. The van der Waals surface area contributed by atoms with Crippen molar-refractivity contribution in [3.8, 4) is 28.8 Å². The monoisotopic (exact) mass is 893 g/mol. The number of aliphatic carboxylic acids is 3. The van der Waals surface area contributed by atoms with Crippen molar-refractivity contribution in [1.29, 1.82) is 5.26 Å². The van der Waals surface area contributed by atoms with Gasteiger partial charge >= 0.3 is 29.8 Å². The molecule has 9 N–H and O–H groups in total. The molecule has 3 aromatic rings. The van der Waals surface area contributed by atoms with Crippen LogP contribution >= 0.6 is 12.6 Å². The average molecular weight is 894 g/mol. The molecule has 0 saturated carbocycles. The number of nitrogens with two attached hydrogens (primary N) is 1. The highest BCUT2D eigenvalue weighted by Crippen LogP contribution is 2.37. The van der Waals surface area contributed by atoms with E-state index < -0.39 is 66.2 Å². The highest BCUT2D eigenvalue weighted by atomic mass is 32.1. The van der Waals surface area contributed by atoms with Gasteiger partial charge in [0, 0.05) is 30.0 Å². The number of benzene rings is 2. The molecule has 0 saturated heterocycles. The number of thiol groups is 1. The van der Waals surface area contributed by atoms with Crippen LogP contribution in [-0.4, -0.2) is 116 Å². The first-order valence-electron chi connectivity index (χ1n) is 19.1. The lowest BCUT2D eigenvalue weighted by molar-refractivity contribution is -0.139. The maximum atomic E-state index is 12.2. The van der Waals surface area contributed by atoms with Crippen LogP contribution in [0.1, 0.15) is 70.5 Å². The minimum Gasteiger partial charge on any atom is -0.497 e. The number of Topliss-reactive ketones (excluding diaryl/α,β-unsaturated/α-hetero) is 1. The van der Waals surface area contributed by atoms with Crippen molar-refractivity contribution in [1.82, 2.24) is 15.2 Å². The minimum atomic E-state index is -1.22. The molecule has 2 amide bonds. The Labute approximate surface area is 365 Å². The maximum Gasteiger partial charge on any atom is 0.338 e. The summed E-state index contributed by atoms with van der Waals surface area (Å²) in [6.07, 6.45) is 1.77. The number of ether oxygens (including phenoxy) is 2. The summed E-state index contributed by atoms with van der Waals surface area (Å²) in [5, 5.41) is 58.3. The average Bonchev–Trinajstić information content (AvgIpc) is 3.86. The van der Waals surface area contributed by atoms with E-state index in [-0.39, 0.29) is 47.5 Å². The number of hydrogen-bond donors (Lipinski definition) is 9. The van der Waals surface area contributed by atoms with Crippen LogP contribution in [0.3, 0.4) is 0 Å². The zero-order valence-electron chi connectivity index (χ0n) is 34.2. The lowest BCUT2D eigenvalue weighted by atomic mass is 9.79. The molecule has 2 aromatic carbocycles. The second-order valence-electron chi connectivity index (χ2n) is 13.9. The van der Waals surface area contributed by atoms with Crippen molar-refractivity contribution in [2.75, 3.05) is 26.5 Å². The molecule has 1 aliphatic carbocycles. The van der Waals surface area contributed by atoms with E-state index in [1.807, 2.05) is 10.6 Å². The molecule has 2 heterocycles. The van der Waals surface area contributed by atoms with Gasteiger partial charge in [0.25, 0.3) is 0 Å². The van der Waals surface area contributed by atoms with Crippen LogP contribution in [0.15, 0.2) is 54.1 Å². The number of rotatable bonds is 17. The van der Waals surface area contributed by atoms with Gasteiger partial charge in [-0.25, -0.2) is 9.59 Å². The number of nitrogens with zero attached hydrogens (tertiary/aromatic N) is 2. The number of aromatic nitrogens is 1. The number of amides is 2. The molecule has 336 valence electrons. The van der Waals surface area contributed by atoms with Crippen molar-refractivity contribution in [2.24, 2.45) is 11.7 Å². The van der Waals surface area contributed by atoms with E-state index in [0.29, 0.717) is 54.3 Å². The molecular formula is C42H47N5O15S. The quantitative estimate of drug-likeness (QED) is 0.0880. The van der Waals surface area contributed by atoms with Gasteiger partial charge < -0.3 is 55.9 Å². The molecule has 0 radical (unpaired) electrons. The van der Waals surface area contributed by atoms with Crippen LogP contribution in [0.4, 0.5) is 0 Å². The first kappa shape index (κ1) is 50.2. The van der Waals surface area contributed by atoms with Crippen LogP contribution in [0.2, 0.25) is 0 Å². The fraction of sp³-hybridized carbons (Fsp3) is 0.357. The number of hydrogen-bond acceptors (Lipinski definition) is 13. The fourth-order valence-corrected chi connectivity index (χ4v) is 6.99. The topological polar surface area (TPSA) is 335 Å². The van der Waals surface area contributed by atoms with Crippen molar-refractivity contribution >= 4 is 65.6 Å². The van der Waals surface area contributed by atoms with Gasteiger partial charge in [-0.1, -0.05) is 12.1 Å². The SMILES string of the molecule is COc1ccc(-c2c(C(=O)O)c(C(=O)O)c3n2CCC3)cc1.COc1ccc(C2=C(CC(=O)O)C(=O)C(C#N)CC2)cc1.N[C@@H](CCC(=O)N[C@@H](CS)C(=O)NCC(=O)O)C(=O)O. The summed E-state index contributed by atoms with van der Waals surface area (Å²) in [5.74, 6) is -6.93. The summed E-state index contributed by atoms with van der Waals surface area (Å²) >= 11 is 3.87. The van der Waals surface area contributed by atoms with Crippen LogP contribution in [0, 0.1) is 17.2 Å². The number of carboxylic acid groups (broad SMARTS) is 5. The van der Waals surface area contributed by atoms with Crippen molar-refractivity contribution in [3.63, 3.8) is 0 Å². The predicted molar refractivity (Wildman–Crippen MR) is 225 cm³/mol. The second-order valence-corrected chi connectivity index (χ2v) is 14.2. The number of fused-ring (bicyclic) bond motifs is 1. The van der Waals surface area contributed by atoms with Gasteiger partial charge in [-0.15, -0.1) is 0 Å². The number of ketones is 1. The molecule has 0 fully saturated rings. The van der Waals surface area contributed by atoms with E-state index in [4.69, 9.17) is 35.8 Å². The molecule has 0 spiro atoms. The van der Waals surface area contributed by atoms with Gasteiger partial charge in [0.1, 0.15) is 36.0 Å². The predicted octanol–water partition coefficient (Wildman–Crippen LogP) is 2.73. The summed E-state index contributed by atoms with van der Waals surface area (Å²) in [6.45, 7) is 0.0626. The van der Waals surface area contributed by atoms with E-state index in [0.717, 1.165) is 17.6 Å². The lowest BCUT2D eigenvalue weighted by Crippen LogP contribution is -2.49. The van der Waals surface area contributed by atoms with E-state index in [2.05, 4.69) is 23.3 Å². The highest BCUT2D eigenvalue weighted by Gasteiger charge is 2.34. The van der Waals surface area contributed by atoms with Gasteiger partial charge in [0.15, 0.2) is 5.78 Å². The molecule has 0 bridgehead atoms. The van der Waals surface area contributed by atoms with Gasteiger partial charge in [-0.3, -0.25) is 28.8 Å². The Morgan fingerprint density at radius 2 is 1.44 bits per heavy atom. The summed E-state index contributed by atoms with van der Waals surface area (Å²) in [4.78, 5) is 90.2. The van der Waals surface area contributed by atoms with E-state index in [9.17, 15) is 48.6 Å². The third-order valence-corrected chi connectivity index (χ3v) is 10.2. The molecular weight excluding hydrogens is 847 g/mol. The first-order valence-corrected chi connectivity index (χ1v) is 19.8. The smallest absolute Gasteiger partial charge is 0.338 e. The number of carboxylic acids is 5. The van der Waals surface area contributed by atoms with Crippen LogP contribution in [0.25, 0.3) is 16.8 Å². The molecule has 20 nitrogen and oxygen atoms in total. The Hall–Kier alpha value is -7.18. The number of nitrogens with one attached hydrogen (secondary N) is 2. The summed E-state index contributed by atoms with van der Waals surface area (Å²) in [7, 11) is 3.11. The first-order chi connectivity index (χ1) is 29.9. The Balaban J connectivity index is 0.000000252. The number of carbonyl (C=O) groups is 8. The third kappa shape index (κ3) is 13.7. The van der Waals surface area contributed by atoms with Gasteiger partial charge in [0.05, 0.1) is 43.5 Å². The molecule has 1 aromatic heterocycles. The van der Waals surface area contributed by atoms with Gasteiger partial charge in [-0.2, -0.15) is 17.9 Å². The normalized spacial score (nSPS) is 14.8. The Morgan fingerprint density at radius 1 is 0.873 bits per heavy atom. The molecule has 3 atom stereocenters. The number of aromatic carboxylic acids is 2. The summed E-state index contributed by atoms with van der Waals surface area (Å²) in [5.41, 5.74) is 8.50. The standard InChI is InChI=1S/C16H15NO5.C16H15NO4.C10H17N3O6S/c1-22-10-6-4-9(5-7-10)14-13(16(20)21)12(15(18)19)11-3-2-8-17(11)14;1-21-12-5-2-10(3-6-12)13-7-4-11(9-17)16(20)14(13)8-15(18)19;11-5(10(18)19)1-2-7(14)13-6(4-20)9(17)12-3-8(15)16/h4-7H,2-3,8H2,1H3,(H,18,19)(H,20,21);2-3,5-6,11H,4,7-8H2,1H3,(H,18,19);5-6,20H,1-4,11H2,(H,12,17)(H,13,14)(H,15,16)(H,18,19)/t;;5-,6-/m..0/s1. The third-order valence-electron chi connectivity index (χ3n) is 9.79.